The first-order valence-corrected chi connectivity index (χ1v) is 4.32. The van der Waals surface area contributed by atoms with Gasteiger partial charge in [-0.05, 0) is 25.1 Å². The Balaban J connectivity index is 0.000000171. The van der Waals surface area contributed by atoms with Crippen molar-refractivity contribution in [3.63, 3.8) is 0 Å². The van der Waals surface area contributed by atoms with Crippen molar-refractivity contribution in [2.75, 3.05) is 6.61 Å². The number of hydrogen-bond donors (Lipinski definition) is 1. The lowest BCUT2D eigenvalue weighted by Crippen LogP contribution is -1.80. The summed E-state index contributed by atoms with van der Waals surface area (Å²) < 4.78 is 4.15. The van der Waals surface area contributed by atoms with E-state index in [9.17, 15) is 4.79 Å². The summed E-state index contributed by atoms with van der Waals surface area (Å²) in [6.07, 6.45) is 3.67. The van der Waals surface area contributed by atoms with E-state index in [0.29, 0.717) is 13.1 Å². The standard InChI is InChI=1S/C7H6N2.C3H6O2/c1-2-6-7(8-4-1)3-5-9-6;1-2-5-3-4/h1-5,9H;3H,2H2,1H3. The first-order chi connectivity index (χ1) is 6.88. The van der Waals surface area contributed by atoms with Crippen LogP contribution >= 0.6 is 0 Å². The molecular weight excluding hydrogens is 180 g/mol. The quantitative estimate of drug-likeness (QED) is 0.737. The number of nitrogens with zero attached hydrogens (tertiary/aromatic N) is 1. The molecule has 0 aliphatic rings. The molecule has 4 nitrogen and oxygen atoms in total. The summed E-state index contributed by atoms with van der Waals surface area (Å²) in [7, 11) is 0. The monoisotopic (exact) mass is 192 g/mol. The van der Waals surface area contributed by atoms with Gasteiger partial charge in [0.15, 0.2) is 0 Å². The molecule has 2 heterocycles. The van der Waals surface area contributed by atoms with Gasteiger partial charge in [0.2, 0.25) is 0 Å². The highest BCUT2D eigenvalue weighted by Gasteiger charge is 1.88. The number of ether oxygens (including phenoxy) is 1. The summed E-state index contributed by atoms with van der Waals surface area (Å²) in [6.45, 7) is 2.66. The number of fused-ring (bicyclic) bond motifs is 1. The molecule has 0 unspecified atom stereocenters. The van der Waals surface area contributed by atoms with Gasteiger partial charge in [-0.1, -0.05) is 0 Å². The molecule has 0 spiro atoms. The molecule has 0 bridgehead atoms. The van der Waals surface area contributed by atoms with Crippen molar-refractivity contribution in [3.8, 4) is 0 Å². The first kappa shape index (κ1) is 10.2. The van der Waals surface area contributed by atoms with Gasteiger partial charge in [0.1, 0.15) is 0 Å². The summed E-state index contributed by atoms with van der Waals surface area (Å²) in [6, 6.07) is 5.87. The highest BCUT2D eigenvalue weighted by molar-refractivity contribution is 5.73. The lowest BCUT2D eigenvalue weighted by Gasteiger charge is -1.82. The Morgan fingerprint density at radius 3 is 3.00 bits per heavy atom. The number of carbonyl (C=O) groups excluding carboxylic acids is 1. The Bertz CT molecular complexity index is 354. The molecule has 1 N–H and O–H groups in total. The van der Waals surface area contributed by atoms with Gasteiger partial charge in [-0.15, -0.1) is 0 Å². The highest BCUT2D eigenvalue weighted by atomic mass is 16.5. The first-order valence-electron chi connectivity index (χ1n) is 4.32. The molecule has 0 aliphatic heterocycles. The summed E-state index contributed by atoms with van der Waals surface area (Å²) in [5.74, 6) is 0. The number of aromatic nitrogens is 2. The van der Waals surface area contributed by atoms with E-state index in [-0.39, 0.29) is 0 Å². The second kappa shape index (κ2) is 5.75. The number of carbonyl (C=O) groups is 1. The van der Waals surface area contributed by atoms with Crippen LogP contribution in [-0.4, -0.2) is 23.0 Å². The van der Waals surface area contributed by atoms with Gasteiger partial charge in [-0.2, -0.15) is 0 Å². The smallest absolute Gasteiger partial charge is 0.293 e. The van der Waals surface area contributed by atoms with Crippen LogP contribution in [0.3, 0.4) is 0 Å². The van der Waals surface area contributed by atoms with Crippen LogP contribution < -0.4 is 0 Å². The van der Waals surface area contributed by atoms with E-state index < -0.39 is 0 Å². The fourth-order valence-corrected chi connectivity index (χ4v) is 0.951. The molecule has 0 radical (unpaired) electrons. The van der Waals surface area contributed by atoms with Gasteiger partial charge in [0, 0.05) is 12.4 Å². The van der Waals surface area contributed by atoms with Gasteiger partial charge in [-0.25, -0.2) is 0 Å². The van der Waals surface area contributed by atoms with E-state index >= 15 is 0 Å². The molecule has 0 saturated heterocycles. The molecule has 14 heavy (non-hydrogen) atoms. The number of H-pyrrole nitrogens is 1. The minimum Gasteiger partial charge on any atom is -0.468 e. The Hall–Kier alpha value is -1.84. The second-order valence-electron chi connectivity index (χ2n) is 2.47. The van der Waals surface area contributed by atoms with Crippen molar-refractivity contribution in [1.82, 2.24) is 9.97 Å². The van der Waals surface area contributed by atoms with Crippen LogP contribution in [0, 0.1) is 0 Å². The van der Waals surface area contributed by atoms with Gasteiger partial charge < -0.3 is 9.72 Å². The molecule has 0 fully saturated rings. The van der Waals surface area contributed by atoms with E-state index in [2.05, 4.69) is 14.7 Å². The maximum absolute atomic E-state index is 9.18. The van der Waals surface area contributed by atoms with Crippen LogP contribution in [0.4, 0.5) is 0 Å². The van der Waals surface area contributed by atoms with Crippen molar-refractivity contribution >= 4 is 17.5 Å². The third-order valence-corrected chi connectivity index (χ3v) is 1.55. The fraction of sp³-hybridized carbons (Fsp3) is 0.200. The normalized spacial score (nSPS) is 8.93. The van der Waals surface area contributed by atoms with E-state index in [1.165, 1.54) is 0 Å². The molecule has 0 aliphatic carbocycles. The van der Waals surface area contributed by atoms with E-state index in [1.807, 2.05) is 24.4 Å². The molecule has 0 amide bonds. The van der Waals surface area contributed by atoms with Crippen molar-refractivity contribution in [2.45, 2.75) is 6.92 Å². The number of hydrogen-bond acceptors (Lipinski definition) is 3. The third kappa shape index (κ3) is 2.90. The van der Waals surface area contributed by atoms with Crippen LogP contribution in [0.15, 0.2) is 30.6 Å². The Labute approximate surface area is 81.9 Å². The zero-order valence-electron chi connectivity index (χ0n) is 7.93. The lowest BCUT2D eigenvalue weighted by molar-refractivity contribution is -0.128. The second-order valence-corrected chi connectivity index (χ2v) is 2.47. The van der Waals surface area contributed by atoms with Gasteiger partial charge >= 0.3 is 0 Å². The van der Waals surface area contributed by atoms with E-state index in [1.54, 1.807) is 13.1 Å². The number of pyridine rings is 1. The number of aromatic amines is 1. The predicted molar refractivity (Wildman–Crippen MR) is 53.8 cm³/mol. The molecular formula is C10H12N2O2. The van der Waals surface area contributed by atoms with Gasteiger partial charge in [-0.3, -0.25) is 9.78 Å². The lowest BCUT2D eigenvalue weighted by atomic mass is 10.4. The van der Waals surface area contributed by atoms with Crippen molar-refractivity contribution in [1.29, 1.82) is 0 Å². The van der Waals surface area contributed by atoms with Crippen LogP contribution in [0.25, 0.3) is 11.0 Å². The van der Waals surface area contributed by atoms with E-state index in [0.717, 1.165) is 11.0 Å². The summed E-state index contributed by atoms with van der Waals surface area (Å²) >= 11 is 0. The molecule has 74 valence electrons. The molecule has 0 saturated carbocycles. The minimum absolute atomic E-state index is 0.431. The maximum Gasteiger partial charge on any atom is 0.293 e. The van der Waals surface area contributed by atoms with Crippen LogP contribution in [0.2, 0.25) is 0 Å². The van der Waals surface area contributed by atoms with Crippen LogP contribution in [-0.2, 0) is 9.53 Å². The van der Waals surface area contributed by atoms with Crippen LogP contribution in [0.1, 0.15) is 6.92 Å². The van der Waals surface area contributed by atoms with Crippen molar-refractivity contribution in [3.05, 3.63) is 30.6 Å². The van der Waals surface area contributed by atoms with Crippen molar-refractivity contribution < 1.29 is 9.53 Å². The van der Waals surface area contributed by atoms with Gasteiger partial charge in [0.25, 0.3) is 6.47 Å². The summed E-state index contributed by atoms with van der Waals surface area (Å²) in [5.41, 5.74) is 2.12. The third-order valence-electron chi connectivity index (χ3n) is 1.55. The van der Waals surface area contributed by atoms with E-state index in [4.69, 9.17) is 0 Å². The number of rotatable bonds is 2. The average molecular weight is 192 g/mol. The zero-order chi connectivity index (χ0) is 10.2. The molecule has 2 aromatic heterocycles. The molecule has 2 rings (SSSR count). The van der Waals surface area contributed by atoms with Crippen LogP contribution in [0.5, 0.6) is 0 Å². The zero-order valence-corrected chi connectivity index (χ0v) is 7.93. The number of nitrogens with one attached hydrogen (secondary N) is 1. The molecule has 0 aromatic carbocycles. The summed E-state index contributed by atoms with van der Waals surface area (Å²) in [4.78, 5) is 16.3. The Morgan fingerprint density at radius 2 is 2.43 bits per heavy atom. The van der Waals surface area contributed by atoms with Crippen molar-refractivity contribution in [2.24, 2.45) is 0 Å². The van der Waals surface area contributed by atoms with Gasteiger partial charge in [0.05, 0.1) is 17.6 Å². The summed E-state index contributed by atoms with van der Waals surface area (Å²) in [5, 5.41) is 0. The average Bonchev–Trinajstić information content (AvgIpc) is 2.67. The Kier molecular flexibility index (Phi) is 4.20. The minimum atomic E-state index is 0.431. The molecule has 2 aromatic rings. The maximum atomic E-state index is 9.18. The largest absolute Gasteiger partial charge is 0.468 e. The Morgan fingerprint density at radius 1 is 1.57 bits per heavy atom. The fourth-order valence-electron chi connectivity index (χ4n) is 0.951. The predicted octanol–water partition coefficient (Wildman–Crippen LogP) is 1.74. The SMILES string of the molecule is CCOC=O.c1cnc2cc[nH]c2c1. The topological polar surface area (TPSA) is 55.0 Å². The molecule has 0 atom stereocenters. The molecule has 4 heteroatoms. The highest BCUT2D eigenvalue weighted by Crippen LogP contribution is 2.05.